The highest BCUT2D eigenvalue weighted by atomic mass is 16.3. The van der Waals surface area contributed by atoms with E-state index in [1.54, 1.807) is 6.07 Å². The summed E-state index contributed by atoms with van der Waals surface area (Å²) in [5.74, 6) is 0.400. The van der Waals surface area contributed by atoms with Crippen LogP contribution in [0.25, 0.3) is 0 Å². The van der Waals surface area contributed by atoms with Crippen LogP contribution in [0.2, 0.25) is 0 Å². The van der Waals surface area contributed by atoms with Gasteiger partial charge in [0, 0.05) is 11.0 Å². The first-order valence-electron chi connectivity index (χ1n) is 9.37. The molecule has 5 rings (SSSR count). The van der Waals surface area contributed by atoms with Crippen LogP contribution in [0, 0.1) is 0 Å². The summed E-state index contributed by atoms with van der Waals surface area (Å²) in [6.07, 6.45) is 3.35. The summed E-state index contributed by atoms with van der Waals surface area (Å²) < 4.78 is 0. The Morgan fingerprint density at radius 1 is 0.731 bits per heavy atom. The first kappa shape index (κ1) is 15.7. The summed E-state index contributed by atoms with van der Waals surface area (Å²) in [6, 6.07) is 22.0. The monoisotopic (exact) mass is 342 g/mol. The van der Waals surface area contributed by atoms with Crippen molar-refractivity contribution in [1.82, 2.24) is 0 Å². The average Bonchev–Trinajstić information content (AvgIpc) is 3.25. The number of aliphatic hydroxyl groups excluding tert-OH is 1. The van der Waals surface area contributed by atoms with Gasteiger partial charge in [0.15, 0.2) is 0 Å². The molecule has 2 heteroatoms. The molecule has 130 valence electrons. The van der Waals surface area contributed by atoms with Crippen molar-refractivity contribution < 1.29 is 10.2 Å². The molecule has 2 nitrogen and oxygen atoms in total. The van der Waals surface area contributed by atoms with Crippen molar-refractivity contribution in [1.29, 1.82) is 0 Å². The Balaban J connectivity index is 1.72. The Bertz CT molecular complexity index is 973. The third kappa shape index (κ3) is 2.09. The third-order valence-electron chi connectivity index (χ3n) is 6.32. The van der Waals surface area contributed by atoms with Gasteiger partial charge in [0.25, 0.3) is 0 Å². The van der Waals surface area contributed by atoms with Gasteiger partial charge in [0.2, 0.25) is 0 Å². The van der Waals surface area contributed by atoms with Gasteiger partial charge in [0.05, 0.1) is 0 Å². The number of phenolic OH excluding ortho intramolecular Hbond substituents is 1. The molecular weight excluding hydrogens is 320 g/mol. The van der Waals surface area contributed by atoms with Gasteiger partial charge in [0.1, 0.15) is 11.9 Å². The second kappa shape index (κ2) is 5.72. The molecule has 3 aromatic rings. The van der Waals surface area contributed by atoms with Crippen LogP contribution >= 0.6 is 0 Å². The molecule has 1 spiro atoms. The van der Waals surface area contributed by atoms with Crippen molar-refractivity contribution in [2.45, 2.75) is 37.2 Å². The van der Waals surface area contributed by atoms with Crippen LogP contribution in [0.3, 0.4) is 0 Å². The molecule has 26 heavy (non-hydrogen) atoms. The van der Waals surface area contributed by atoms with Crippen LogP contribution < -0.4 is 0 Å². The molecule has 0 heterocycles. The summed E-state index contributed by atoms with van der Waals surface area (Å²) in [6.45, 7) is 0. The van der Waals surface area contributed by atoms with Gasteiger partial charge in [-0.05, 0) is 59.6 Å². The number of benzene rings is 3. The highest BCUT2D eigenvalue weighted by Gasteiger charge is 2.48. The van der Waals surface area contributed by atoms with Gasteiger partial charge in [-0.2, -0.15) is 0 Å². The van der Waals surface area contributed by atoms with E-state index in [0.717, 1.165) is 42.4 Å². The number of phenols is 1. The summed E-state index contributed by atoms with van der Waals surface area (Å²) in [5.41, 5.74) is 6.64. The minimum atomic E-state index is -0.643. The fourth-order valence-electron chi connectivity index (χ4n) is 5.25. The molecule has 2 atom stereocenters. The summed E-state index contributed by atoms with van der Waals surface area (Å²) in [5, 5.41) is 21.8. The van der Waals surface area contributed by atoms with E-state index < -0.39 is 6.10 Å². The molecule has 0 bridgehead atoms. The summed E-state index contributed by atoms with van der Waals surface area (Å²) >= 11 is 0. The number of aryl methyl sites for hydroxylation is 2. The topological polar surface area (TPSA) is 40.5 Å². The van der Waals surface area contributed by atoms with Gasteiger partial charge < -0.3 is 10.2 Å². The maximum absolute atomic E-state index is 11.2. The molecule has 0 aliphatic heterocycles. The zero-order valence-electron chi connectivity index (χ0n) is 14.7. The van der Waals surface area contributed by atoms with Gasteiger partial charge in [-0.25, -0.2) is 0 Å². The molecule has 0 amide bonds. The zero-order chi connectivity index (χ0) is 17.7. The number of fused-ring (bicyclic) bond motifs is 4. The number of aromatic hydroxyl groups is 1. The largest absolute Gasteiger partial charge is 0.508 e. The molecule has 3 aromatic carbocycles. The summed E-state index contributed by atoms with van der Waals surface area (Å²) in [7, 11) is 0. The molecule has 0 aromatic heterocycles. The summed E-state index contributed by atoms with van der Waals surface area (Å²) in [4.78, 5) is 0. The van der Waals surface area contributed by atoms with Gasteiger partial charge in [-0.15, -0.1) is 0 Å². The zero-order valence-corrected chi connectivity index (χ0v) is 14.7. The van der Waals surface area contributed by atoms with E-state index >= 15 is 0 Å². The first-order chi connectivity index (χ1) is 12.7. The number of hydrogen-bond acceptors (Lipinski definition) is 2. The molecule has 0 saturated heterocycles. The number of aliphatic hydroxyl groups is 1. The molecule has 2 aliphatic rings. The van der Waals surface area contributed by atoms with Crippen molar-refractivity contribution in [2.75, 3.05) is 0 Å². The first-order valence-corrected chi connectivity index (χ1v) is 9.37. The predicted octanol–water partition coefficient (Wildman–Crippen LogP) is 4.65. The van der Waals surface area contributed by atoms with Gasteiger partial charge in [-0.1, -0.05) is 60.7 Å². The van der Waals surface area contributed by atoms with Crippen LogP contribution in [-0.2, 0) is 18.3 Å². The van der Waals surface area contributed by atoms with Gasteiger partial charge in [-0.3, -0.25) is 0 Å². The second-order valence-electron chi connectivity index (χ2n) is 7.59. The highest BCUT2D eigenvalue weighted by Crippen LogP contribution is 2.56. The molecule has 0 saturated carbocycles. The Morgan fingerprint density at radius 3 is 2.12 bits per heavy atom. The Labute approximate surface area is 153 Å². The fraction of sp³-hybridized carbons (Fsp3) is 0.250. The average molecular weight is 342 g/mol. The van der Waals surface area contributed by atoms with Crippen molar-refractivity contribution in [3.05, 3.63) is 100 Å². The fourth-order valence-corrected chi connectivity index (χ4v) is 5.25. The Kier molecular flexibility index (Phi) is 3.44. The molecule has 0 fully saturated rings. The quantitative estimate of drug-likeness (QED) is 0.711. The van der Waals surface area contributed by atoms with E-state index in [1.807, 2.05) is 36.4 Å². The highest BCUT2D eigenvalue weighted by molar-refractivity contribution is 5.61. The molecule has 2 N–H and O–H groups in total. The Hall–Kier alpha value is -2.58. The number of rotatable bonds is 2. The SMILES string of the molecule is Oc1cccc2c1[C@@]1(CC2)CCc2cccc([C@@H](O)c3ccccc3)c21. The maximum atomic E-state index is 11.2. The molecule has 0 unspecified atom stereocenters. The van der Waals surface area contributed by atoms with E-state index in [4.69, 9.17) is 0 Å². The van der Waals surface area contributed by atoms with E-state index in [2.05, 4.69) is 24.3 Å². The van der Waals surface area contributed by atoms with Crippen molar-refractivity contribution in [2.24, 2.45) is 0 Å². The molecule has 0 radical (unpaired) electrons. The maximum Gasteiger partial charge on any atom is 0.119 e. The molecular formula is C24H22O2. The van der Waals surface area contributed by atoms with Crippen molar-refractivity contribution in [3.63, 3.8) is 0 Å². The smallest absolute Gasteiger partial charge is 0.119 e. The van der Waals surface area contributed by atoms with Crippen LogP contribution in [0.5, 0.6) is 5.75 Å². The normalized spacial score (nSPS) is 21.6. The van der Waals surface area contributed by atoms with Crippen molar-refractivity contribution in [3.8, 4) is 5.75 Å². The lowest BCUT2D eigenvalue weighted by Crippen LogP contribution is -2.24. The second-order valence-corrected chi connectivity index (χ2v) is 7.59. The van der Waals surface area contributed by atoms with Crippen LogP contribution in [0.4, 0.5) is 0 Å². The van der Waals surface area contributed by atoms with Crippen LogP contribution in [-0.4, -0.2) is 10.2 Å². The van der Waals surface area contributed by atoms with Crippen LogP contribution in [0.1, 0.15) is 52.3 Å². The van der Waals surface area contributed by atoms with Crippen molar-refractivity contribution >= 4 is 0 Å². The minimum absolute atomic E-state index is 0.164. The van der Waals surface area contributed by atoms with Gasteiger partial charge >= 0.3 is 0 Å². The van der Waals surface area contributed by atoms with E-state index in [1.165, 1.54) is 16.7 Å². The predicted molar refractivity (Wildman–Crippen MR) is 102 cm³/mol. The number of hydrogen-bond donors (Lipinski definition) is 2. The van der Waals surface area contributed by atoms with E-state index in [9.17, 15) is 10.2 Å². The minimum Gasteiger partial charge on any atom is -0.508 e. The van der Waals surface area contributed by atoms with E-state index in [-0.39, 0.29) is 5.41 Å². The third-order valence-corrected chi connectivity index (χ3v) is 6.32. The van der Waals surface area contributed by atoms with Crippen LogP contribution in [0.15, 0.2) is 66.7 Å². The lowest BCUT2D eigenvalue weighted by atomic mass is 9.73. The molecule has 2 aliphatic carbocycles. The van der Waals surface area contributed by atoms with E-state index in [0.29, 0.717) is 5.75 Å². The Morgan fingerprint density at radius 2 is 1.38 bits per heavy atom. The lowest BCUT2D eigenvalue weighted by molar-refractivity contribution is 0.217. The lowest BCUT2D eigenvalue weighted by Gasteiger charge is -2.30. The standard InChI is InChI=1S/C24H22O2/c25-20-11-5-9-17-13-15-24(22(17)20)14-12-16-8-4-10-19(21(16)24)23(26)18-6-2-1-3-7-18/h1-11,23,25-26H,12-15H2/t23-,24+/m0/s1.